The van der Waals surface area contributed by atoms with Gasteiger partial charge in [-0.15, -0.1) is 0 Å². The molecule has 0 unspecified atom stereocenters. The minimum absolute atomic E-state index is 0.414. The van der Waals surface area contributed by atoms with E-state index in [9.17, 15) is 0 Å². The number of hydrogen-bond donors (Lipinski definition) is 4. The Balaban J connectivity index is 0.000000200. The smallest absolute Gasteiger partial charge is 0.423 e. The van der Waals surface area contributed by atoms with Gasteiger partial charge in [-0.1, -0.05) is 61.8 Å². The third-order valence-corrected chi connectivity index (χ3v) is 5.93. The van der Waals surface area contributed by atoms with E-state index >= 15 is 0 Å². The van der Waals surface area contributed by atoms with Crippen molar-refractivity contribution in [3.63, 3.8) is 0 Å². The molecule has 36 heavy (non-hydrogen) atoms. The third-order valence-electron chi connectivity index (χ3n) is 5.44. The topological polar surface area (TPSA) is 128 Å². The lowest BCUT2D eigenvalue weighted by atomic mass is 9.83. The summed E-state index contributed by atoms with van der Waals surface area (Å²) < 4.78 is 4.34. The first-order chi connectivity index (χ1) is 16.9. The zero-order valence-electron chi connectivity index (χ0n) is 21.7. The Morgan fingerprint density at radius 2 is 1.31 bits per heavy atom. The number of aryl methyl sites for hydroxylation is 2. The number of anilines is 2. The maximum atomic E-state index is 8.54. The Labute approximate surface area is 222 Å². The monoisotopic (exact) mass is 554 g/mol. The standard InChI is InChI=1S/C13H17N3.C9H12BrN.C4H7BN2O2/c1-9(2)12-5-4-10(6-13(12)14)11-7-15-16(3)8-11;1-6(2)8-4-3-7(10)5-9(8)11;1-7-3-4(2-6-7)5(8)9/h4-9H,14H2,1-3H3;3-6H,11H2,1-2H3;2-3,8-9H,1H3. The Bertz CT molecular complexity index is 1250. The second-order valence-corrected chi connectivity index (χ2v) is 10.1. The first-order valence-electron chi connectivity index (χ1n) is 11.7. The van der Waals surface area contributed by atoms with Crippen molar-refractivity contribution >= 4 is 39.9 Å². The van der Waals surface area contributed by atoms with Crippen molar-refractivity contribution in [3.8, 4) is 11.1 Å². The first-order valence-corrected chi connectivity index (χ1v) is 12.5. The van der Waals surface area contributed by atoms with E-state index in [1.165, 1.54) is 22.0 Å². The van der Waals surface area contributed by atoms with E-state index in [2.05, 4.69) is 72.0 Å². The van der Waals surface area contributed by atoms with Crippen molar-refractivity contribution in [2.24, 2.45) is 14.1 Å². The molecule has 8 nitrogen and oxygen atoms in total. The molecule has 4 rings (SSSR count). The number of nitrogens with zero attached hydrogens (tertiary/aromatic N) is 4. The molecular formula is C26H36BBrN6O2. The molecule has 4 aromatic rings. The molecule has 0 aliphatic heterocycles. The van der Waals surface area contributed by atoms with Gasteiger partial charge in [0.2, 0.25) is 0 Å². The predicted molar refractivity (Wildman–Crippen MR) is 153 cm³/mol. The number of nitrogens with two attached hydrogens (primary N) is 2. The average molecular weight is 555 g/mol. The number of hydrogen-bond acceptors (Lipinski definition) is 6. The molecule has 0 bridgehead atoms. The molecule has 0 radical (unpaired) electrons. The van der Waals surface area contributed by atoms with E-state index in [0.717, 1.165) is 27.0 Å². The van der Waals surface area contributed by atoms with Gasteiger partial charge in [0.25, 0.3) is 0 Å². The molecule has 0 saturated carbocycles. The zero-order chi connectivity index (χ0) is 27.0. The maximum absolute atomic E-state index is 8.54. The van der Waals surface area contributed by atoms with E-state index in [1.54, 1.807) is 17.9 Å². The van der Waals surface area contributed by atoms with Crippen LogP contribution in [-0.4, -0.2) is 36.7 Å². The molecule has 6 N–H and O–H groups in total. The summed E-state index contributed by atoms with van der Waals surface area (Å²) in [6.07, 6.45) is 6.79. The summed E-state index contributed by atoms with van der Waals surface area (Å²) in [6, 6.07) is 12.2. The number of aromatic nitrogens is 4. The van der Waals surface area contributed by atoms with E-state index in [0.29, 0.717) is 17.3 Å². The quantitative estimate of drug-likeness (QED) is 0.222. The Morgan fingerprint density at radius 3 is 1.69 bits per heavy atom. The molecule has 0 aliphatic carbocycles. The number of rotatable bonds is 4. The van der Waals surface area contributed by atoms with Gasteiger partial charge in [-0.05, 0) is 46.7 Å². The Kier molecular flexibility index (Phi) is 10.8. The van der Waals surface area contributed by atoms with Crippen molar-refractivity contribution in [2.45, 2.75) is 39.5 Å². The van der Waals surface area contributed by atoms with Crippen LogP contribution in [0.5, 0.6) is 0 Å². The van der Waals surface area contributed by atoms with Gasteiger partial charge in [0, 0.05) is 59.6 Å². The van der Waals surface area contributed by atoms with Gasteiger partial charge in [0.05, 0.1) is 6.20 Å². The number of nitrogen functional groups attached to an aromatic ring is 2. The first kappa shape index (κ1) is 29.2. The van der Waals surface area contributed by atoms with Crippen molar-refractivity contribution in [1.29, 1.82) is 0 Å². The molecule has 2 heterocycles. The van der Waals surface area contributed by atoms with E-state index in [-0.39, 0.29) is 0 Å². The fourth-order valence-electron chi connectivity index (χ4n) is 3.50. The van der Waals surface area contributed by atoms with Crippen LogP contribution in [0.4, 0.5) is 11.4 Å². The van der Waals surface area contributed by atoms with Crippen LogP contribution in [0.25, 0.3) is 11.1 Å². The van der Waals surface area contributed by atoms with Crippen LogP contribution in [-0.2, 0) is 14.1 Å². The summed E-state index contributed by atoms with van der Waals surface area (Å²) in [7, 11) is 2.22. The van der Waals surface area contributed by atoms with Crippen LogP contribution in [0.1, 0.15) is 50.7 Å². The van der Waals surface area contributed by atoms with Crippen LogP contribution >= 0.6 is 15.9 Å². The highest BCUT2D eigenvalue weighted by Crippen LogP contribution is 2.27. The molecule has 0 atom stereocenters. The van der Waals surface area contributed by atoms with Gasteiger partial charge in [-0.2, -0.15) is 10.2 Å². The second kappa shape index (κ2) is 13.3. The van der Waals surface area contributed by atoms with E-state index in [1.807, 2.05) is 37.6 Å². The number of halogens is 1. The fraction of sp³-hybridized carbons (Fsp3) is 0.308. The summed E-state index contributed by atoms with van der Waals surface area (Å²) >= 11 is 3.37. The minimum atomic E-state index is -1.40. The molecule has 10 heteroatoms. The minimum Gasteiger partial charge on any atom is -0.423 e. The van der Waals surface area contributed by atoms with Crippen molar-refractivity contribution in [2.75, 3.05) is 11.5 Å². The highest BCUT2D eigenvalue weighted by atomic mass is 79.9. The SMILES string of the molecule is CC(C)c1ccc(-c2cnn(C)c2)cc1N.CC(C)c1ccc(Br)cc1N.Cn1cc(B(O)O)cn1. The zero-order valence-corrected chi connectivity index (χ0v) is 23.3. The Morgan fingerprint density at radius 1 is 0.778 bits per heavy atom. The summed E-state index contributed by atoms with van der Waals surface area (Å²) in [5, 5.41) is 25.0. The molecule has 192 valence electrons. The van der Waals surface area contributed by atoms with Gasteiger partial charge in [0.1, 0.15) is 0 Å². The van der Waals surface area contributed by atoms with Crippen molar-refractivity contribution in [3.05, 3.63) is 76.8 Å². The summed E-state index contributed by atoms with van der Waals surface area (Å²) in [6.45, 7) is 8.57. The summed E-state index contributed by atoms with van der Waals surface area (Å²) in [5.41, 5.74) is 18.6. The molecule has 0 amide bonds. The molecule has 0 spiro atoms. The fourth-order valence-corrected chi connectivity index (χ4v) is 3.87. The molecule has 2 aromatic heterocycles. The predicted octanol–water partition coefficient (Wildman–Crippen LogP) is 4.05. The Hall–Kier alpha value is -3.08. The highest BCUT2D eigenvalue weighted by molar-refractivity contribution is 9.10. The van der Waals surface area contributed by atoms with E-state index in [4.69, 9.17) is 21.5 Å². The van der Waals surface area contributed by atoms with Gasteiger partial charge >= 0.3 is 7.12 Å². The van der Waals surface area contributed by atoms with Gasteiger partial charge in [-0.3, -0.25) is 9.36 Å². The third kappa shape index (κ3) is 8.55. The van der Waals surface area contributed by atoms with Gasteiger partial charge in [-0.25, -0.2) is 0 Å². The van der Waals surface area contributed by atoms with Gasteiger partial charge < -0.3 is 21.5 Å². The van der Waals surface area contributed by atoms with Crippen LogP contribution in [0.15, 0.2) is 65.7 Å². The van der Waals surface area contributed by atoms with Crippen LogP contribution in [0.3, 0.4) is 0 Å². The number of benzene rings is 2. The molecular weight excluding hydrogens is 519 g/mol. The van der Waals surface area contributed by atoms with Gasteiger partial charge in [0.15, 0.2) is 0 Å². The van der Waals surface area contributed by atoms with Crippen LogP contribution in [0.2, 0.25) is 0 Å². The van der Waals surface area contributed by atoms with E-state index < -0.39 is 7.12 Å². The molecule has 0 fully saturated rings. The lowest BCUT2D eigenvalue weighted by Crippen LogP contribution is -2.28. The largest absolute Gasteiger partial charge is 0.491 e. The molecule has 2 aromatic carbocycles. The normalized spacial score (nSPS) is 10.5. The molecule has 0 saturated heterocycles. The lowest BCUT2D eigenvalue weighted by molar-refractivity contribution is 0.425. The summed E-state index contributed by atoms with van der Waals surface area (Å²) in [4.78, 5) is 0. The van der Waals surface area contributed by atoms with Crippen molar-refractivity contribution < 1.29 is 10.0 Å². The summed E-state index contributed by atoms with van der Waals surface area (Å²) in [5.74, 6) is 0.964. The van der Waals surface area contributed by atoms with Crippen molar-refractivity contribution in [1.82, 2.24) is 19.6 Å². The second-order valence-electron chi connectivity index (χ2n) is 9.15. The highest BCUT2D eigenvalue weighted by Gasteiger charge is 2.11. The lowest BCUT2D eigenvalue weighted by Gasteiger charge is -2.10. The van der Waals surface area contributed by atoms with Crippen LogP contribution < -0.4 is 16.9 Å². The van der Waals surface area contributed by atoms with Crippen LogP contribution in [0, 0.1) is 0 Å². The average Bonchev–Trinajstić information content (AvgIpc) is 3.42. The maximum Gasteiger partial charge on any atom is 0.491 e. The molecule has 0 aliphatic rings.